The van der Waals surface area contributed by atoms with Crippen molar-refractivity contribution in [2.45, 2.75) is 12.1 Å². The summed E-state index contributed by atoms with van der Waals surface area (Å²) in [6, 6.07) is 18.3. The van der Waals surface area contributed by atoms with Crippen LogP contribution in [0.15, 0.2) is 67.0 Å². The van der Waals surface area contributed by atoms with E-state index in [2.05, 4.69) is 69.2 Å². The molecule has 6 nitrogen and oxygen atoms in total. The largest absolute Gasteiger partial charge is 0.495 e. The molecule has 0 amide bonds. The lowest BCUT2D eigenvalue weighted by atomic mass is 10.0. The van der Waals surface area contributed by atoms with Gasteiger partial charge in [0.2, 0.25) is 0 Å². The number of nitrogens with zero attached hydrogens (tertiary/aromatic N) is 4. The minimum atomic E-state index is -0.0378. The lowest BCUT2D eigenvalue weighted by Crippen LogP contribution is -2.36. The second-order valence-corrected chi connectivity index (χ2v) is 7.98. The molecule has 0 bridgehead atoms. The van der Waals surface area contributed by atoms with Gasteiger partial charge in [-0.05, 0) is 62.7 Å². The average Bonchev–Trinajstić information content (AvgIpc) is 3.36. The monoisotopic (exact) mass is 421 g/mol. The zero-order valence-corrected chi connectivity index (χ0v) is 18.3. The summed E-state index contributed by atoms with van der Waals surface area (Å²) in [5.74, 6) is 0.831. The summed E-state index contributed by atoms with van der Waals surface area (Å²) in [6.07, 6.45) is 3.91. The Morgan fingerprint density at radius 1 is 1.10 bits per heavy atom. The number of methoxy groups -OCH3 is 1. The smallest absolute Gasteiger partial charge is 0.170 e. The molecule has 0 spiro atoms. The van der Waals surface area contributed by atoms with Crippen LogP contribution < -0.4 is 10.1 Å². The van der Waals surface area contributed by atoms with Gasteiger partial charge in [-0.1, -0.05) is 18.2 Å². The Labute approximate surface area is 183 Å². The van der Waals surface area contributed by atoms with Crippen molar-refractivity contribution >= 4 is 17.3 Å². The third-order valence-electron chi connectivity index (χ3n) is 5.41. The van der Waals surface area contributed by atoms with Crippen molar-refractivity contribution in [2.24, 2.45) is 0 Å². The predicted octanol–water partition coefficient (Wildman–Crippen LogP) is 3.42. The van der Waals surface area contributed by atoms with Crippen LogP contribution in [0.5, 0.6) is 5.75 Å². The number of pyridine rings is 1. The van der Waals surface area contributed by atoms with Gasteiger partial charge in [0, 0.05) is 31.2 Å². The fourth-order valence-electron chi connectivity index (χ4n) is 3.96. The lowest BCUT2D eigenvalue weighted by molar-refractivity contribution is 0.272. The van der Waals surface area contributed by atoms with E-state index >= 15 is 0 Å². The van der Waals surface area contributed by atoms with Crippen molar-refractivity contribution in [2.75, 3.05) is 34.3 Å². The molecule has 3 aromatic rings. The third-order valence-corrected chi connectivity index (χ3v) is 5.77. The van der Waals surface area contributed by atoms with E-state index in [0.717, 1.165) is 41.0 Å². The van der Waals surface area contributed by atoms with Gasteiger partial charge in [0.05, 0.1) is 30.6 Å². The van der Waals surface area contributed by atoms with E-state index in [-0.39, 0.29) is 12.1 Å². The molecule has 2 atom stereocenters. The molecule has 1 aliphatic heterocycles. The number of rotatable bonds is 7. The summed E-state index contributed by atoms with van der Waals surface area (Å²) in [5.41, 5.74) is 3.12. The number of likely N-dealkylation sites (N-methyl/N-ethyl adjacent to an activating group) is 1. The van der Waals surface area contributed by atoms with Crippen LogP contribution in [-0.2, 0) is 0 Å². The second-order valence-electron chi connectivity index (χ2n) is 7.60. The number of benzene rings is 1. The van der Waals surface area contributed by atoms with Gasteiger partial charge in [-0.25, -0.2) is 0 Å². The van der Waals surface area contributed by atoms with Crippen molar-refractivity contribution < 1.29 is 4.74 Å². The Bertz CT molecular complexity index is 1000. The van der Waals surface area contributed by atoms with Crippen LogP contribution in [0.4, 0.5) is 0 Å². The number of thiocarbonyl (C=S) groups is 1. The molecule has 1 aromatic carbocycles. The van der Waals surface area contributed by atoms with Crippen LogP contribution in [0.1, 0.15) is 23.5 Å². The third kappa shape index (κ3) is 3.91. The standard InChI is InChI=1S/C23H27N5OS/c1-26(2)15-16-28-22(21(25-23(28)30)17-9-6-7-13-24-17)19-11-8-14-27(19)18-10-4-5-12-20(18)29-3/h4-14,21-22H,15-16H2,1-3H3,(H,25,30)/t21-,22-/m0/s1. The van der Waals surface area contributed by atoms with Crippen LogP contribution in [0.25, 0.3) is 5.69 Å². The zero-order valence-electron chi connectivity index (χ0n) is 17.5. The van der Waals surface area contributed by atoms with E-state index in [1.54, 1.807) is 7.11 Å². The molecule has 2 aromatic heterocycles. The number of aromatic nitrogens is 2. The van der Waals surface area contributed by atoms with Gasteiger partial charge < -0.3 is 24.4 Å². The van der Waals surface area contributed by atoms with Crippen LogP contribution >= 0.6 is 12.2 Å². The average molecular weight is 422 g/mol. The summed E-state index contributed by atoms with van der Waals surface area (Å²) in [5, 5.41) is 4.28. The fourth-order valence-corrected chi connectivity index (χ4v) is 4.29. The predicted molar refractivity (Wildman–Crippen MR) is 123 cm³/mol. The van der Waals surface area contributed by atoms with Gasteiger partial charge in [0.1, 0.15) is 5.75 Å². The van der Waals surface area contributed by atoms with Gasteiger partial charge in [-0.15, -0.1) is 0 Å². The Morgan fingerprint density at radius 2 is 1.90 bits per heavy atom. The summed E-state index contributed by atoms with van der Waals surface area (Å²) < 4.78 is 7.82. The molecule has 1 saturated heterocycles. The first-order valence-corrected chi connectivity index (χ1v) is 10.4. The molecule has 30 heavy (non-hydrogen) atoms. The molecule has 7 heteroatoms. The van der Waals surface area contributed by atoms with Gasteiger partial charge in [-0.3, -0.25) is 4.98 Å². The summed E-state index contributed by atoms with van der Waals surface area (Å²) in [4.78, 5) is 9.08. The van der Waals surface area contributed by atoms with E-state index in [9.17, 15) is 0 Å². The highest BCUT2D eigenvalue weighted by atomic mass is 32.1. The molecule has 0 unspecified atom stereocenters. The highest BCUT2D eigenvalue weighted by Crippen LogP contribution is 2.40. The Kier molecular flexibility index (Phi) is 6.01. The lowest BCUT2D eigenvalue weighted by Gasteiger charge is -2.30. The van der Waals surface area contributed by atoms with E-state index < -0.39 is 0 Å². The normalized spacial score (nSPS) is 18.7. The van der Waals surface area contributed by atoms with Crippen molar-refractivity contribution in [1.82, 2.24) is 24.7 Å². The first-order valence-electron chi connectivity index (χ1n) is 10.0. The molecule has 3 heterocycles. The number of ether oxygens (including phenoxy) is 1. The Balaban J connectivity index is 1.80. The summed E-state index contributed by atoms with van der Waals surface area (Å²) >= 11 is 5.76. The van der Waals surface area contributed by atoms with Crippen molar-refractivity contribution in [3.63, 3.8) is 0 Å². The molecule has 4 rings (SSSR count). The maximum atomic E-state index is 5.76. The van der Waals surface area contributed by atoms with Gasteiger partial charge >= 0.3 is 0 Å². The van der Waals surface area contributed by atoms with Crippen molar-refractivity contribution in [1.29, 1.82) is 0 Å². The highest BCUT2D eigenvalue weighted by molar-refractivity contribution is 7.80. The zero-order chi connectivity index (χ0) is 21.1. The molecule has 1 fully saturated rings. The summed E-state index contributed by atoms with van der Waals surface area (Å²) in [7, 11) is 5.86. The summed E-state index contributed by atoms with van der Waals surface area (Å²) in [6.45, 7) is 1.73. The van der Waals surface area contributed by atoms with Crippen molar-refractivity contribution in [3.8, 4) is 11.4 Å². The van der Waals surface area contributed by atoms with Gasteiger partial charge in [-0.2, -0.15) is 0 Å². The fraction of sp³-hybridized carbons (Fsp3) is 0.304. The molecule has 1 N–H and O–H groups in total. The van der Waals surface area contributed by atoms with Gasteiger partial charge in [0.15, 0.2) is 5.11 Å². The highest BCUT2D eigenvalue weighted by Gasteiger charge is 2.41. The van der Waals surface area contributed by atoms with Crippen LogP contribution in [0.2, 0.25) is 0 Å². The minimum absolute atomic E-state index is 0.00672. The molecule has 0 radical (unpaired) electrons. The second kappa shape index (κ2) is 8.85. The Morgan fingerprint density at radius 3 is 2.63 bits per heavy atom. The topological polar surface area (TPSA) is 45.6 Å². The first-order chi connectivity index (χ1) is 14.6. The van der Waals surface area contributed by atoms with E-state index in [1.165, 1.54) is 0 Å². The molecule has 156 valence electrons. The number of hydrogen-bond acceptors (Lipinski definition) is 4. The van der Waals surface area contributed by atoms with Crippen molar-refractivity contribution in [3.05, 3.63) is 78.4 Å². The molecular weight excluding hydrogens is 394 g/mol. The maximum Gasteiger partial charge on any atom is 0.170 e. The number of para-hydroxylation sites is 2. The van der Waals surface area contributed by atoms with E-state index in [4.69, 9.17) is 17.0 Å². The molecular formula is C23H27N5OS. The van der Waals surface area contributed by atoms with Gasteiger partial charge in [0.25, 0.3) is 0 Å². The SMILES string of the molecule is COc1ccccc1-n1cccc1[C@H]1[C@H](c2ccccn2)NC(=S)N1CCN(C)C. The van der Waals surface area contributed by atoms with E-state index in [0.29, 0.717) is 0 Å². The minimum Gasteiger partial charge on any atom is -0.495 e. The van der Waals surface area contributed by atoms with Crippen LogP contribution in [-0.4, -0.2) is 58.8 Å². The van der Waals surface area contributed by atoms with E-state index in [1.807, 2.05) is 36.5 Å². The maximum absolute atomic E-state index is 5.76. The van der Waals surface area contributed by atoms with Crippen LogP contribution in [0, 0.1) is 0 Å². The molecule has 1 aliphatic rings. The number of nitrogens with one attached hydrogen (secondary N) is 1. The van der Waals surface area contributed by atoms with Crippen LogP contribution in [0.3, 0.4) is 0 Å². The number of hydrogen-bond donors (Lipinski definition) is 1. The molecule has 0 aliphatic carbocycles. The quantitative estimate of drug-likeness (QED) is 0.590. The Hall–Kier alpha value is -2.90. The first kappa shape index (κ1) is 20.4. The molecule has 0 saturated carbocycles.